The highest BCUT2D eigenvalue weighted by Gasteiger charge is 2.46. The van der Waals surface area contributed by atoms with Gasteiger partial charge in [-0.25, -0.2) is 0 Å². The van der Waals surface area contributed by atoms with Crippen molar-refractivity contribution in [2.75, 3.05) is 32.8 Å². The highest BCUT2D eigenvalue weighted by Crippen LogP contribution is 2.41. The van der Waals surface area contributed by atoms with Crippen molar-refractivity contribution in [1.82, 2.24) is 14.8 Å². The van der Waals surface area contributed by atoms with Crippen LogP contribution in [0.1, 0.15) is 49.9 Å². The first-order chi connectivity index (χ1) is 15.7. The molecule has 4 nitrogen and oxygen atoms in total. The third-order valence-electron chi connectivity index (χ3n) is 7.13. The molecule has 7 heteroatoms. The monoisotopic (exact) mass is 461 g/mol. The molecular weight excluding hydrogens is 427 g/mol. The zero-order chi connectivity index (χ0) is 23.5. The average Bonchev–Trinajstić information content (AvgIpc) is 2.78. The number of pyridine rings is 1. The Hall–Kier alpha value is -1.96. The van der Waals surface area contributed by atoms with E-state index in [-0.39, 0.29) is 16.8 Å². The summed E-state index contributed by atoms with van der Waals surface area (Å²) in [5, 5.41) is 0. The Bertz CT molecular complexity index is 910. The number of aromatic nitrogens is 1. The van der Waals surface area contributed by atoms with Crippen LogP contribution >= 0.6 is 0 Å². The minimum Gasteiger partial charge on any atom is -0.375 e. The van der Waals surface area contributed by atoms with Crippen molar-refractivity contribution in [1.29, 1.82) is 0 Å². The first-order valence-electron chi connectivity index (χ1n) is 11.8. The SMILES string of the molecule is CC1(C)CC(CCc2ncccc2C(F)(F)F)(N2CCN(Cc3ccccc3)CC2)CCO1. The van der Waals surface area contributed by atoms with E-state index in [1.807, 2.05) is 6.07 Å². The lowest BCUT2D eigenvalue weighted by Crippen LogP contribution is -2.61. The highest BCUT2D eigenvalue weighted by molar-refractivity contribution is 5.23. The molecule has 0 radical (unpaired) electrons. The maximum absolute atomic E-state index is 13.5. The Morgan fingerprint density at radius 2 is 1.73 bits per heavy atom. The lowest BCUT2D eigenvalue weighted by molar-refractivity contribution is -0.139. The van der Waals surface area contributed by atoms with Crippen LogP contribution in [0, 0.1) is 0 Å². The summed E-state index contributed by atoms with van der Waals surface area (Å²) < 4.78 is 46.6. The molecule has 1 unspecified atom stereocenters. The van der Waals surface area contributed by atoms with Crippen molar-refractivity contribution < 1.29 is 17.9 Å². The Labute approximate surface area is 194 Å². The van der Waals surface area contributed by atoms with Gasteiger partial charge in [-0.1, -0.05) is 30.3 Å². The van der Waals surface area contributed by atoms with Crippen LogP contribution in [0.2, 0.25) is 0 Å². The van der Waals surface area contributed by atoms with Crippen molar-refractivity contribution in [3.63, 3.8) is 0 Å². The predicted molar refractivity (Wildman–Crippen MR) is 123 cm³/mol. The summed E-state index contributed by atoms with van der Waals surface area (Å²) in [6.07, 6.45) is -0.299. The molecule has 1 aromatic carbocycles. The summed E-state index contributed by atoms with van der Waals surface area (Å²) in [5.74, 6) is 0. The standard InChI is InChI=1S/C26H34F3N3O/c1-24(2)20-25(12-18-33-24,11-10-23-22(26(27,28)29)9-6-13-30-23)32-16-14-31(15-17-32)19-21-7-4-3-5-8-21/h3-9,13H,10-12,14-20H2,1-2H3. The van der Waals surface area contributed by atoms with Crippen LogP contribution in [0.25, 0.3) is 0 Å². The van der Waals surface area contributed by atoms with Gasteiger partial charge in [-0.15, -0.1) is 0 Å². The number of ether oxygens (including phenoxy) is 1. The fourth-order valence-electron chi connectivity index (χ4n) is 5.56. The molecule has 2 aliphatic heterocycles. The van der Waals surface area contributed by atoms with Gasteiger partial charge in [0.25, 0.3) is 0 Å². The summed E-state index contributed by atoms with van der Waals surface area (Å²) >= 11 is 0. The van der Waals surface area contributed by atoms with Crippen LogP contribution in [0.4, 0.5) is 13.2 Å². The van der Waals surface area contributed by atoms with Crippen molar-refractivity contribution in [3.8, 4) is 0 Å². The lowest BCUT2D eigenvalue weighted by atomic mass is 9.76. The van der Waals surface area contributed by atoms with E-state index in [2.05, 4.69) is 52.9 Å². The van der Waals surface area contributed by atoms with Crippen molar-refractivity contribution in [2.45, 2.75) is 63.4 Å². The van der Waals surface area contributed by atoms with E-state index in [1.165, 1.54) is 17.8 Å². The maximum atomic E-state index is 13.5. The quantitative estimate of drug-likeness (QED) is 0.593. The largest absolute Gasteiger partial charge is 0.418 e. The molecule has 2 aliphatic rings. The molecule has 2 fully saturated rings. The average molecular weight is 462 g/mol. The summed E-state index contributed by atoms with van der Waals surface area (Å²) in [6.45, 7) is 9.48. The van der Waals surface area contributed by atoms with E-state index in [9.17, 15) is 13.2 Å². The highest BCUT2D eigenvalue weighted by atomic mass is 19.4. The number of aryl methyl sites for hydroxylation is 1. The Morgan fingerprint density at radius 3 is 2.39 bits per heavy atom. The number of piperazine rings is 1. The molecule has 2 saturated heterocycles. The van der Waals surface area contributed by atoms with Gasteiger partial charge in [0.15, 0.2) is 0 Å². The maximum Gasteiger partial charge on any atom is 0.418 e. The number of halogens is 3. The molecule has 0 amide bonds. The van der Waals surface area contributed by atoms with Crippen LogP contribution in [0.15, 0.2) is 48.7 Å². The fourth-order valence-corrected chi connectivity index (χ4v) is 5.56. The topological polar surface area (TPSA) is 28.6 Å². The summed E-state index contributed by atoms with van der Waals surface area (Å²) in [4.78, 5) is 9.11. The van der Waals surface area contributed by atoms with Gasteiger partial charge in [0.05, 0.1) is 16.9 Å². The molecule has 2 aromatic rings. The number of hydrogen-bond acceptors (Lipinski definition) is 4. The van der Waals surface area contributed by atoms with Gasteiger partial charge in [0.1, 0.15) is 0 Å². The molecular formula is C26H34F3N3O. The Balaban J connectivity index is 1.48. The van der Waals surface area contributed by atoms with Crippen LogP contribution < -0.4 is 0 Å². The first-order valence-corrected chi connectivity index (χ1v) is 11.8. The van der Waals surface area contributed by atoms with Gasteiger partial charge in [0, 0.05) is 51.1 Å². The fraction of sp³-hybridized carbons (Fsp3) is 0.577. The van der Waals surface area contributed by atoms with E-state index in [4.69, 9.17) is 4.74 Å². The second-order valence-corrected chi connectivity index (χ2v) is 10.0. The minimum absolute atomic E-state index is 0.149. The summed E-state index contributed by atoms with van der Waals surface area (Å²) in [7, 11) is 0. The third-order valence-corrected chi connectivity index (χ3v) is 7.13. The van der Waals surface area contributed by atoms with Gasteiger partial charge < -0.3 is 4.74 Å². The van der Waals surface area contributed by atoms with Crippen molar-refractivity contribution in [2.24, 2.45) is 0 Å². The number of benzene rings is 1. The van der Waals surface area contributed by atoms with Gasteiger partial charge in [-0.3, -0.25) is 14.8 Å². The predicted octanol–water partition coefficient (Wildman–Crippen LogP) is 5.18. The van der Waals surface area contributed by atoms with Crippen LogP contribution in [-0.4, -0.2) is 58.7 Å². The molecule has 180 valence electrons. The number of rotatable bonds is 6. The molecule has 0 N–H and O–H groups in total. The number of alkyl halides is 3. The van der Waals surface area contributed by atoms with Gasteiger partial charge in [-0.05, 0) is 57.2 Å². The Kier molecular flexibility index (Phi) is 7.12. The second-order valence-electron chi connectivity index (χ2n) is 10.0. The van der Waals surface area contributed by atoms with Gasteiger partial charge >= 0.3 is 6.18 Å². The van der Waals surface area contributed by atoms with Crippen molar-refractivity contribution in [3.05, 3.63) is 65.5 Å². The van der Waals surface area contributed by atoms with E-state index < -0.39 is 11.7 Å². The molecule has 1 aromatic heterocycles. The zero-order valence-electron chi connectivity index (χ0n) is 19.6. The van der Waals surface area contributed by atoms with E-state index in [0.29, 0.717) is 19.4 Å². The lowest BCUT2D eigenvalue weighted by Gasteiger charge is -2.53. The number of nitrogens with zero attached hydrogens (tertiary/aromatic N) is 3. The second kappa shape index (κ2) is 9.72. The normalized spacial score (nSPS) is 24.6. The van der Waals surface area contributed by atoms with Crippen molar-refractivity contribution >= 4 is 0 Å². The van der Waals surface area contributed by atoms with Crippen LogP contribution in [-0.2, 0) is 23.9 Å². The number of hydrogen-bond donors (Lipinski definition) is 0. The molecule has 0 bridgehead atoms. The van der Waals surface area contributed by atoms with E-state index in [0.717, 1.165) is 51.6 Å². The molecule has 33 heavy (non-hydrogen) atoms. The van der Waals surface area contributed by atoms with Gasteiger partial charge in [0.2, 0.25) is 0 Å². The first kappa shape index (κ1) is 24.2. The Morgan fingerprint density at radius 1 is 1.00 bits per heavy atom. The molecule has 0 spiro atoms. The molecule has 0 saturated carbocycles. The molecule has 3 heterocycles. The molecule has 1 atom stereocenters. The smallest absolute Gasteiger partial charge is 0.375 e. The molecule has 4 rings (SSSR count). The van der Waals surface area contributed by atoms with Crippen LogP contribution in [0.5, 0.6) is 0 Å². The van der Waals surface area contributed by atoms with E-state index in [1.54, 1.807) is 0 Å². The molecule has 0 aliphatic carbocycles. The van der Waals surface area contributed by atoms with Crippen LogP contribution in [0.3, 0.4) is 0 Å². The summed E-state index contributed by atoms with van der Waals surface area (Å²) in [6, 6.07) is 13.0. The van der Waals surface area contributed by atoms with Gasteiger partial charge in [-0.2, -0.15) is 13.2 Å². The third kappa shape index (κ3) is 5.94. The minimum atomic E-state index is -4.38. The summed E-state index contributed by atoms with van der Waals surface area (Å²) in [5.41, 5.74) is 0.371. The van der Waals surface area contributed by atoms with E-state index >= 15 is 0 Å². The zero-order valence-corrected chi connectivity index (χ0v) is 19.6.